The summed E-state index contributed by atoms with van der Waals surface area (Å²) in [5, 5.41) is 3.12. The molecule has 0 aliphatic heterocycles. The van der Waals surface area contributed by atoms with Crippen molar-refractivity contribution in [1.29, 1.82) is 0 Å². The second-order valence-electron chi connectivity index (χ2n) is 8.22. The molecule has 160 valence electrons. The van der Waals surface area contributed by atoms with Crippen molar-refractivity contribution in [3.05, 3.63) is 65.2 Å². The van der Waals surface area contributed by atoms with Crippen LogP contribution >= 0.6 is 0 Å². The molecule has 2 aromatic carbocycles. The smallest absolute Gasteiger partial charge is 0.261 e. The quantitative estimate of drug-likeness (QED) is 0.714. The SMILES string of the molecule is Cc1cccc(OCC(=O)N(Cc2ccccc2C)[C@@H](C)C(=O)NC2CCCC2)c1. The fraction of sp³-hybridized carbons (Fsp3) is 0.440. The van der Waals surface area contributed by atoms with Crippen LogP contribution in [0.2, 0.25) is 0 Å². The number of ether oxygens (including phenoxy) is 1. The summed E-state index contributed by atoms with van der Waals surface area (Å²) in [4.78, 5) is 27.6. The van der Waals surface area contributed by atoms with E-state index in [4.69, 9.17) is 4.74 Å². The number of carbonyl (C=O) groups is 2. The van der Waals surface area contributed by atoms with E-state index in [2.05, 4.69) is 5.32 Å². The Labute approximate surface area is 179 Å². The molecule has 0 aromatic heterocycles. The van der Waals surface area contributed by atoms with E-state index in [-0.39, 0.29) is 24.5 Å². The number of hydrogen-bond donors (Lipinski definition) is 1. The van der Waals surface area contributed by atoms with Gasteiger partial charge in [-0.1, -0.05) is 49.2 Å². The Balaban J connectivity index is 1.72. The van der Waals surface area contributed by atoms with Gasteiger partial charge in [0.25, 0.3) is 5.91 Å². The Kier molecular flexibility index (Phi) is 7.50. The Morgan fingerprint density at radius 2 is 1.83 bits per heavy atom. The van der Waals surface area contributed by atoms with Crippen LogP contribution in [0.25, 0.3) is 0 Å². The molecule has 0 unspecified atom stereocenters. The van der Waals surface area contributed by atoms with E-state index in [0.29, 0.717) is 12.3 Å². The van der Waals surface area contributed by atoms with E-state index in [1.165, 1.54) is 0 Å². The van der Waals surface area contributed by atoms with Crippen LogP contribution in [0.3, 0.4) is 0 Å². The largest absolute Gasteiger partial charge is 0.484 e. The number of nitrogens with one attached hydrogen (secondary N) is 1. The topological polar surface area (TPSA) is 58.6 Å². The minimum atomic E-state index is -0.571. The van der Waals surface area contributed by atoms with Crippen LogP contribution < -0.4 is 10.1 Å². The third-order valence-electron chi connectivity index (χ3n) is 5.82. The summed E-state index contributed by atoms with van der Waals surface area (Å²) in [6.45, 7) is 6.07. The highest BCUT2D eigenvalue weighted by atomic mass is 16.5. The first kappa shape index (κ1) is 21.9. The normalized spacial score (nSPS) is 14.9. The van der Waals surface area contributed by atoms with Crippen molar-refractivity contribution in [2.24, 2.45) is 0 Å². The highest BCUT2D eigenvalue weighted by molar-refractivity contribution is 5.88. The average Bonchev–Trinajstić information content (AvgIpc) is 3.24. The molecular weight excluding hydrogens is 376 g/mol. The van der Waals surface area contributed by atoms with Gasteiger partial charge in [-0.3, -0.25) is 9.59 Å². The van der Waals surface area contributed by atoms with Crippen LogP contribution in [0.15, 0.2) is 48.5 Å². The Hall–Kier alpha value is -2.82. The lowest BCUT2D eigenvalue weighted by Crippen LogP contribution is -2.50. The second kappa shape index (κ2) is 10.3. The van der Waals surface area contributed by atoms with E-state index in [0.717, 1.165) is 42.4 Å². The number of nitrogens with zero attached hydrogens (tertiary/aromatic N) is 1. The van der Waals surface area contributed by atoms with Gasteiger partial charge in [0.05, 0.1) is 0 Å². The summed E-state index contributed by atoms with van der Waals surface area (Å²) in [5.74, 6) is 0.357. The van der Waals surface area contributed by atoms with Crippen LogP contribution in [-0.2, 0) is 16.1 Å². The van der Waals surface area contributed by atoms with Gasteiger partial charge >= 0.3 is 0 Å². The number of carbonyl (C=O) groups excluding carboxylic acids is 2. The van der Waals surface area contributed by atoms with E-state index in [9.17, 15) is 9.59 Å². The molecule has 30 heavy (non-hydrogen) atoms. The second-order valence-corrected chi connectivity index (χ2v) is 8.22. The lowest BCUT2D eigenvalue weighted by molar-refractivity contribution is -0.142. The van der Waals surface area contributed by atoms with Gasteiger partial charge in [-0.2, -0.15) is 0 Å². The van der Waals surface area contributed by atoms with Crippen molar-refractivity contribution in [2.45, 2.75) is 65.1 Å². The van der Waals surface area contributed by atoms with Crippen LogP contribution in [-0.4, -0.2) is 35.4 Å². The zero-order valence-corrected chi connectivity index (χ0v) is 18.2. The summed E-state index contributed by atoms with van der Waals surface area (Å²) >= 11 is 0. The van der Waals surface area contributed by atoms with Crippen molar-refractivity contribution < 1.29 is 14.3 Å². The van der Waals surface area contributed by atoms with Crippen LogP contribution in [0, 0.1) is 13.8 Å². The summed E-state index contributed by atoms with van der Waals surface area (Å²) in [7, 11) is 0. The maximum Gasteiger partial charge on any atom is 0.261 e. The minimum absolute atomic E-state index is 0.0978. The monoisotopic (exact) mass is 408 g/mol. The molecule has 0 spiro atoms. The van der Waals surface area contributed by atoms with E-state index >= 15 is 0 Å². The van der Waals surface area contributed by atoms with Gasteiger partial charge in [0.1, 0.15) is 11.8 Å². The number of hydrogen-bond acceptors (Lipinski definition) is 3. The molecular formula is C25H32N2O3. The molecule has 1 fully saturated rings. The molecule has 0 bridgehead atoms. The van der Waals surface area contributed by atoms with E-state index < -0.39 is 6.04 Å². The molecule has 2 amide bonds. The van der Waals surface area contributed by atoms with Crippen LogP contribution in [0.1, 0.15) is 49.3 Å². The molecule has 5 nitrogen and oxygen atoms in total. The molecule has 1 aliphatic carbocycles. The Morgan fingerprint density at radius 1 is 1.10 bits per heavy atom. The number of rotatable bonds is 8. The Morgan fingerprint density at radius 3 is 2.53 bits per heavy atom. The zero-order chi connectivity index (χ0) is 21.5. The highest BCUT2D eigenvalue weighted by Gasteiger charge is 2.29. The van der Waals surface area contributed by atoms with Crippen molar-refractivity contribution in [1.82, 2.24) is 10.2 Å². The van der Waals surface area contributed by atoms with Crippen LogP contribution in [0.4, 0.5) is 0 Å². The first-order valence-corrected chi connectivity index (χ1v) is 10.8. The molecule has 0 saturated heterocycles. The van der Waals surface area contributed by atoms with Gasteiger partial charge in [-0.05, 0) is 62.4 Å². The fourth-order valence-electron chi connectivity index (χ4n) is 3.88. The van der Waals surface area contributed by atoms with Gasteiger partial charge in [0.15, 0.2) is 6.61 Å². The van der Waals surface area contributed by atoms with Crippen LogP contribution in [0.5, 0.6) is 5.75 Å². The van der Waals surface area contributed by atoms with Gasteiger partial charge < -0.3 is 15.0 Å². The lowest BCUT2D eigenvalue weighted by Gasteiger charge is -2.30. The molecule has 3 rings (SSSR count). The van der Waals surface area contributed by atoms with Gasteiger partial charge in [0.2, 0.25) is 5.91 Å². The third-order valence-corrected chi connectivity index (χ3v) is 5.82. The summed E-state index contributed by atoms with van der Waals surface area (Å²) < 4.78 is 5.74. The molecule has 1 N–H and O–H groups in total. The van der Waals surface area contributed by atoms with Crippen molar-refractivity contribution in [3.63, 3.8) is 0 Å². The summed E-state index contributed by atoms with van der Waals surface area (Å²) in [6, 6.07) is 15.2. The number of amides is 2. The molecule has 0 heterocycles. The standard InChI is InChI=1S/C25H32N2O3/c1-18-9-8-14-23(15-18)30-17-24(28)27(16-21-11-5-4-10-19(21)2)20(3)25(29)26-22-12-6-7-13-22/h4-5,8-11,14-15,20,22H,6-7,12-13,16-17H2,1-3H3,(H,26,29)/t20-/m0/s1. The fourth-order valence-corrected chi connectivity index (χ4v) is 3.88. The van der Waals surface area contributed by atoms with Gasteiger partial charge in [-0.25, -0.2) is 0 Å². The molecule has 1 atom stereocenters. The van der Waals surface area contributed by atoms with E-state index in [1.807, 2.05) is 62.4 Å². The number of aryl methyl sites for hydroxylation is 2. The van der Waals surface area contributed by atoms with Gasteiger partial charge in [0, 0.05) is 12.6 Å². The predicted octanol–water partition coefficient (Wildman–Crippen LogP) is 4.16. The summed E-state index contributed by atoms with van der Waals surface area (Å²) in [5.41, 5.74) is 3.20. The Bertz CT molecular complexity index is 874. The number of benzene rings is 2. The molecule has 2 aromatic rings. The molecule has 1 saturated carbocycles. The third kappa shape index (κ3) is 5.85. The van der Waals surface area contributed by atoms with Crippen molar-refractivity contribution in [3.8, 4) is 5.75 Å². The average molecular weight is 409 g/mol. The molecule has 1 aliphatic rings. The lowest BCUT2D eigenvalue weighted by atomic mass is 10.1. The summed E-state index contributed by atoms with van der Waals surface area (Å²) in [6.07, 6.45) is 4.33. The first-order chi connectivity index (χ1) is 14.4. The molecule has 5 heteroatoms. The molecule has 0 radical (unpaired) electrons. The van der Waals surface area contributed by atoms with Crippen molar-refractivity contribution >= 4 is 11.8 Å². The maximum absolute atomic E-state index is 13.1. The zero-order valence-electron chi connectivity index (χ0n) is 18.2. The highest BCUT2D eigenvalue weighted by Crippen LogP contribution is 2.19. The predicted molar refractivity (Wildman–Crippen MR) is 118 cm³/mol. The van der Waals surface area contributed by atoms with Gasteiger partial charge in [-0.15, -0.1) is 0 Å². The first-order valence-electron chi connectivity index (χ1n) is 10.8. The van der Waals surface area contributed by atoms with Crippen molar-refractivity contribution in [2.75, 3.05) is 6.61 Å². The minimum Gasteiger partial charge on any atom is -0.484 e. The maximum atomic E-state index is 13.1. The van der Waals surface area contributed by atoms with E-state index in [1.54, 1.807) is 11.8 Å².